The Morgan fingerprint density at radius 2 is 2.00 bits per heavy atom. The van der Waals surface area contributed by atoms with Crippen molar-refractivity contribution in [2.24, 2.45) is 0 Å². The van der Waals surface area contributed by atoms with E-state index in [0.717, 1.165) is 36.6 Å². The van der Waals surface area contributed by atoms with Crippen LogP contribution in [0.1, 0.15) is 12.8 Å². The smallest absolute Gasteiger partial charge is 0.320 e. The summed E-state index contributed by atoms with van der Waals surface area (Å²) >= 11 is 3.53. The van der Waals surface area contributed by atoms with Crippen LogP contribution in [0, 0.1) is 0 Å². The Morgan fingerprint density at radius 3 is 2.70 bits per heavy atom. The molecule has 0 aliphatic carbocycles. The number of thiazole rings is 1. The Kier molecular flexibility index (Phi) is 5.75. The summed E-state index contributed by atoms with van der Waals surface area (Å²) in [6.45, 7) is 4.58. The lowest BCUT2D eigenvalue weighted by Gasteiger charge is -2.39. The van der Waals surface area contributed by atoms with E-state index in [4.69, 9.17) is 9.72 Å². The quantitative estimate of drug-likeness (QED) is 0.732. The van der Waals surface area contributed by atoms with Gasteiger partial charge in [-0.25, -0.2) is 9.78 Å². The second kappa shape index (κ2) is 8.24. The number of morpholine rings is 1. The first-order chi connectivity index (χ1) is 13.2. The monoisotopic (exact) mass is 406 g/mol. The maximum absolute atomic E-state index is 12.7. The van der Waals surface area contributed by atoms with Crippen LogP contribution in [0.5, 0.6) is 0 Å². The van der Waals surface area contributed by atoms with E-state index >= 15 is 0 Å². The molecule has 0 unspecified atom stereocenters. The molecule has 1 aromatic carbocycles. The second-order valence-corrected chi connectivity index (χ2v) is 8.93. The number of hydrogen-bond donors (Lipinski definition) is 0. The molecule has 2 aliphatic heterocycles. The Balaban J connectivity index is 1.37. The molecule has 2 fully saturated rings. The van der Waals surface area contributed by atoms with E-state index in [2.05, 4.69) is 29.4 Å². The predicted molar refractivity (Wildman–Crippen MR) is 112 cm³/mol. The molecule has 2 aliphatic rings. The van der Waals surface area contributed by atoms with Gasteiger partial charge in [-0.3, -0.25) is 0 Å². The molecule has 6 nitrogen and oxygen atoms in total. The van der Waals surface area contributed by atoms with Crippen LogP contribution in [0.3, 0.4) is 0 Å². The number of aromatic nitrogens is 1. The topological polar surface area (TPSA) is 48.9 Å². The van der Waals surface area contributed by atoms with Crippen LogP contribution in [0.2, 0.25) is 0 Å². The van der Waals surface area contributed by atoms with Gasteiger partial charge in [-0.2, -0.15) is 0 Å². The minimum atomic E-state index is 0.140. The Hall–Kier alpha value is -1.51. The highest BCUT2D eigenvalue weighted by Gasteiger charge is 2.29. The van der Waals surface area contributed by atoms with Gasteiger partial charge in [0.2, 0.25) is 0 Å². The van der Waals surface area contributed by atoms with Crippen molar-refractivity contribution in [3.05, 3.63) is 18.2 Å². The van der Waals surface area contributed by atoms with Crippen LogP contribution in [0.15, 0.2) is 23.1 Å². The van der Waals surface area contributed by atoms with Crippen LogP contribution < -0.4 is 4.90 Å². The molecule has 4 rings (SSSR count). The highest BCUT2D eigenvalue weighted by molar-refractivity contribution is 7.98. The fourth-order valence-electron chi connectivity index (χ4n) is 3.73. The van der Waals surface area contributed by atoms with Gasteiger partial charge < -0.3 is 19.4 Å². The van der Waals surface area contributed by atoms with Crippen molar-refractivity contribution in [1.29, 1.82) is 0 Å². The number of carbonyl (C=O) groups is 1. The molecule has 8 heteroatoms. The van der Waals surface area contributed by atoms with Gasteiger partial charge in [0.15, 0.2) is 5.13 Å². The van der Waals surface area contributed by atoms with Crippen molar-refractivity contribution < 1.29 is 9.53 Å². The third-order valence-electron chi connectivity index (χ3n) is 5.45. The van der Waals surface area contributed by atoms with Gasteiger partial charge in [-0.05, 0) is 37.3 Å². The van der Waals surface area contributed by atoms with Gasteiger partial charge in [-0.15, -0.1) is 11.8 Å². The molecule has 3 heterocycles. The lowest BCUT2D eigenvalue weighted by Crippen LogP contribution is -2.52. The summed E-state index contributed by atoms with van der Waals surface area (Å²) in [6, 6.07) is 6.91. The standard InChI is InChI=1S/C19H26N4O2S2/c1-21(19(24)23-9-11-25-12-10-23)14-5-7-22(8-6-14)18-20-16-4-3-15(26-2)13-17(16)27-18/h3-4,13-14H,5-12H2,1-2H3. The van der Waals surface area contributed by atoms with E-state index < -0.39 is 0 Å². The first-order valence-electron chi connectivity index (χ1n) is 9.44. The van der Waals surface area contributed by atoms with Crippen molar-refractivity contribution >= 4 is 44.5 Å². The van der Waals surface area contributed by atoms with E-state index in [1.54, 1.807) is 23.1 Å². The Morgan fingerprint density at radius 1 is 1.26 bits per heavy atom. The number of thioether (sulfide) groups is 1. The molecular formula is C19H26N4O2S2. The number of carbonyl (C=O) groups excluding carboxylic acids is 1. The summed E-state index contributed by atoms with van der Waals surface area (Å²) in [5.41, 5.74) is 1.08. The van der Waals surface area contributed by atoms with Gasteiger partial charge in [0.25, 0.3) is 0 Å². The maximum Gasteiger partial charge on any atom is 0.320 e. The van der Waals surface area contributed by atoms with Crippen LogP contribution >= 0.6 is 23.1 Å². The number of nitrogens with zero attached hydrogens (tertiary/aromatic N) is 4. The normalized spacial score (nSPS) is 18.9. The molecule has 2 amide bonds. The lowest BCUT2D eigenvalue weighted by atomic mass is 10.0. The van der Waals surface area contributed by atoms with Crippen molar-refractivity contribution in [2.75, 3.05) is 57.6 Å². The van der Waals surface area contributed by atoms with E-state index in [1.807, 2.05) is 16.8 Å². The first-order valence-corrected chi connectivity index (χ1v) is 11.5. The predicted octanol–water partition coefficient (Wildman–Crippen LogP) is 3.37. The van der Waals surface area contributed by atoms with E-state index in [9.17, 15) is 4.79 Å². The SMILES string of the molecule is CSc1ccc2nc(N3CCC(N(C)C(=O)N4CCOCC4)CC3)sc2c1. The number of rotatable bonds is 3. The zero-order chi connectivity index (χ0) is 18.8. The van der Waals surface area contributed by atoms with Gasteiger partial charge in [0, 0.05) is 44.2 Å². The molecule has 1 aromatic heterocycles. The summed E-state index contributed by atoms with van der Waals surface area (Å²) in [7, 11) is 1.94. The molecule has 2 aromatic rings. The average Bonchev–Trinajstić information content (AvgIpc) is 3.16. The van der Waals surface area contributed by atoms with Crippen molar-refractivity contribution in [3.8, 4) is 0 Å². The van der Waals surface area contributed by atoms with Crippen LogP contribution in [0.4, 0.5) is 9.93 Å². The van der Waals surface area contributed by atoms with Gasteiger partial charge in [-0.1, -0.05) is 11.3 Å². The largest absolute Gasteiger partial charge is 0.378 e. The number of anilines is 1. The summed E-state index contributed by atoms with van der Waals surface area (Å²) < 4.78 is 6.60. The Labute approximate surface area is 168 Å². The van der Waals surface area contributed by atoms with Gasteiger partial charge in [0.05, 0.1) is 23.4 Å². The lowest BCUT2D eigenvalue weighted by molar-refractivity contribution is 0.0409. The number of amides is 2. The molecule has 0 bridgehead atoms. The Bertz CT molecular complexity index is 798. The second-order valence-electron chi connectivity index (χ2n) is 7.04. The van der Waals surface area contributed by atoms with Crippen LogP contribution in [-0.4, -0.2) is 79.6 Å². The van der Waals surface area contributed by atoms with E-state index in [0.29, 0.717) is 32.3 Å². The minimum Gasteiger partial charge on any atom is -0.378 e. The number of piperidine rings is 1. The van der Waals surface area contributed by atoms with Crippen LogP contribution in [0.25, 0.3) is 10.2 Å². The number of hydrogen-bond acceptors (Lipinski definition) is 6. The molecule has 0 N–H and O–H groups in total. The average molecular weight is 407 g/mol. The molecular weight excluding hydrogens is 380 g/mol. The zero-order valence-electron chi connectivity index (χ0n) is 15.9. The summed E-state index contributed by atoms with van der Waals surface area (Å²) in [4.78, 5) is 25.0. The molecule has 0 radical (unpaired) electrons. The fourth-order valence-corrected chi connectivity index (χ4v) is 5.30. The highest BCUT2D eigenvalue weighted by atomic mass is 32.2. The number of ether oxygens (including phenoxy) is 1. The molecule has 0 spiro atoms. The molecule has 2 saturated heterocycles. The third kappa shape index (κ3) is 4.02. The van der Waals surface area contributed by atoms with Crippen molar-refractivity contribution in [2.45, 2.75) is 23.8 Å². The third-order valence-corrected chi connectivity index (χ3v) is 7.25. The first kappa shape index (κ1) is 18.8. The van der Waals surface area contributed by atoms with Gasteiger partial charge >= 0.3 is 6.03 Å². The summed E-state index contributed by atoms with van der Waals surface area (Å²) in [5, 5.41) is 1.10. The molecule has 146 valence electrons. The number of fused-ring (bicyclic) bond motifs is 1. The highest BCUT2D eigenvalue weighted by Crippen LogP contribution is 2.33. The van der Waals surface area contributed by atoms with Gasteiger partial charge in [0.1, 0.15) is 0 Å². The maximum atomic E-state index is 12.7. The fraction of sp³-hybridized carbons (Fsp3) is 0.579. The number of urea groups is 1. The van der Waals surface area contributed by atoms with E-state index in [1.165, 1.54) is 9.60 Å². The van der Waals surface area contributed by atoms with Crippen molar-refractivity contribution in [3.63, 3.8) is 0 Å². The minimum absolute atomic E-state index is 0.140. The molecule has 0 saturated carbocycles. The molecule has 0 atom stereocenters. The molecule has 27 heavy (non-hydrogen) atoms. The zero-order valence-corrected chi connectivity index (χ0v) is 17.5. The number of benzene rings is 1. The van der Waals surface area contributed by atoms with Crippen LogP contribution in [-0.2, 0) is 4.74 Å². The van der Waals surface area contributed by atoms with Crippen molar-refractivity contribution in [1.82, 2.24) is 14.8 Å². The summed E-state index contributed by atoms with van der Waals surface area (Å²) in [6.07, 6.45) is 4.07. The summed E-state index contributed by atoms with van der Waals surface area (Å²) in [5.74, 6) is 0. The van der Waals surface area contributed by atoms with E-state index in [-0.39, 0.29) is 6.03 Å².